The maximum atomic E-state index is 6.59. The number of hydrogen-bond acceptors (Lipinski definition) is 4. The molecule has 1 aliphatic heterocycles. The number of benzene rings is 2. The molecule has 164 valence electrons. The van der Waals surface area contributed by atoms with Gasteiger partial charge in [-0.1, -0.05) is 71.9 Å². The van der Waals surface area contributed by atoms with E-state index in [2.05, 4.69) is 52.1 Å². The second-order valence-electron chi connectivity index (χ2n) is 7.89. The summed E-state index contributed by atoms with van der Waals surface area (Å²) in [5.41, 5.74) is 3.08. The number of halogens is 2. The van der Waals surface area contributed by atoms with Crippen molar-refractivity contribution in [3.05, 3.63) is 87.5 Å². The van der Waals surface area contributed by atoms with E-state index in [1.807, 2.05) is 38.1 Å². The third-order valence-electron chi connectivity index (χ3n) is 5.03. The van der Waals surface area contributed by atoms with Crippen molar-refractivity contribution in [3.63, 3.8) is 0 Å². The van der Waals surface area contributed by atoms with E-state index in [1.54, 1.807) is 11.8 Å². The van der Waals surface area contributed by atoms with E-state index in [0.717, 1.165) is 53.7 Å². The number of thioether (sulfide) groups is 1. The van der Waals surface area contributed by atoms with E-state index < -0.39 is 0 Å². The Morgan fingerprint density at radius 3 is 2.35 bits per heavy atom. The second-order valence-corrected chi connectivity index (χ2v) is 9.77. The third kappa shape index (κ3) is 7.73. The van der Waals surface area contributed by atoms with Gasteiger partial charge in [-0.3, -0.25) is 4.90 Å². The lowest BCUT2D eigenvalue weighted by Crippen LogP contribution is -2.41. The molecule has 2 aromatic carbocycles. The molecule has 0 radical (unpaired) electrons. The van der Waals surface area contributed by atoms with E-state index in [1.165, 1.54) is 5.56 Å². The van der Waals surface area contributed by atoms with Crippen LogP contribution in [0.1, 0.15) is 32.3 Å². The van der Waals surface area contributed by atoms with Gasteiger partial charge in [0.2, 0.25) is 0 Å². The van der Waals surface area contributed by atoms with Gasteiger partial charge in [-0.05, 0) is 56.5 Å². The Bertz CT molecular complexity index is 927. The average Bonchev–Trinajstić information content (AvgIpc) is 2.75. The van der Waals surface area contributed by atoms with Crippen LogP contribution in [0.4, 0.5) is 0 Å². The van der Waals surface area contributed by atoms with Crippen molar-refractivity contribution >= 4 is 40.7 Å². The molecule has 1 saturated heterocycles. The third-order valence-corrected chi connectivity index (χ3v) is 6.82. The van der Waals surface area contributed by atoms with Crippen molar-refractivity contribution in [3.8, 4) is 0 Å². The maximum Gasteiger partial charge on any atom is 0.144 e. The van der Waals surface area contributed by atoms with Gasteiger partial charge in [-0.15, -0.1) is 0 Å². The zero-order chi connectivity index (χ0) is 22.2. The molecule has 0 amide bonds. The van der Waals surface area contributed by atoms with Gasteiger partial charge in [0.15, 0.2) is 0 Å². The highest BCUT2D eigenvalue weighted by atomic mass is 35.5. The average molecular weight is 475 g/mol. The Morgan fingerprint density at radius 2 is 1.74 bits per heavy atom. The van der Waals surface area contributed by atoms with Crippen LogP contribution in [-0.4, -0.2) is 29.7 Å². The van der Waals surface area contributed by atoms with Crippen molar-refractivity contribution in [1.82, 2.24) is 10.2 Å². The highest BCUT2D eigenvalue weighted by molar-refractivity contribution is 8.03. The summed E-state index contributed by atoms with van der Waals surface area (Å²) in [6.45, 7) is 11.3. The summed E-state index contributed by atoms with van der Waals surface area (Å²) in [7, 11) is 0. The Hall–Kier alpha value is -1.72. The van der Waals surface area contributed by atoms with Crippen molar-refractivity contribution in [2.75, 3.05) is 13.1 Å². The molecule has 0 aromatic heterocycles. The van der Waals surface area contributed by atoms with Gasteiger partial charge in [0, 0.05) is 47.0 Å². The Kier molecular flexibility index (Phi) is 9.09. The highest BCUT2D eigenvalue weighted by Crippen LogP contribution is 2.35. The first-order valence-electron chi connectivity index (χ1n) is 10.5. The van der Waals surface area contributed by atoms with Crippen LogP contribution in [0.5, 0.6) is 0 Å². The largest absolute Gasteiger partial charge is 0.382 e. The molecule has 31 heavy (non-hydrogen) atoms. The summed E-state index contributed by atoms with van der Waals surface area (Å²) in [5, 5.41) is 4.78. The molecule has 3 nitrogen and oxygen atoms in total. The minimum Gasteiger partial charge on any atom is -0.382 e. The van der Waals surface area contributed by atoms with Crippen LogP contribution in [0.15, 0.2) is 86.8 Å². The van der Waals surface area contributed by atoms with Crippen LogP contribution < -0.4 is 5.32 Å². The van der Waals surface area contributed by atoms with Gasteiger partial charge < -0.3 is 5.32 Å². The van der Waals surface area contributed by atoms with Crippen LogP contribution in [0.3, 0.4) is 0 Å². The number of aliphatic imine (C=N–C) groups is 1. The molecule has 0 saturated carbocycles. The van der Waals surface area contributed by atoms with Crippen LogP contribution in [-0.2, 0) is 6.54 Å². The van der Waals surface area contributed by atoms with Crippen LogP contribution >= 0.6 is 35.0 Å². The summed E-state index contributed by atoms with van der Waals surface area (Å²) in [6, 6.07) is 18.7. The molecule has 3 rings (SSSR count). The lowest BCUT2D eigenvalue weighted by Gasteiger charge is -2.33. The van der Waals surface area contributed by atoms with Crippen LogP contribution in [0, 0.1) is 0 Å². The van der Waals surface area contributed by atoms with Gasteiger partial charge in [0.05, 0.1) is 4.91 Å². The quantitative estimate of drug-likeness (QED) is 0.192. The summed E-state index contributed by atoms with van der Waals surface area (Å²) in [6.07, 6.45) is 2.14. The number of piperidine rings is 1. The first-order chi connectivity index (χ1) is 14.9. The van der Waals surface area contributed by atoms with Gasteiger partial charge in [-0.2, -0.15) is 0 Å². The molecule has 1 fully saturated rings. The molecule has 0 atom stereocenters. The minimum atomic E-state index is 0.372. The lowest BCUT2D eigenvalue weighted by atomic mass is 10.0. The van der Waals surface area contributed by atoms with Gasteiger partial charge in [-0.25, -0.2) is 4.99 Å². The van der Waals surface area contributed by atoms with Crippen molar-refractivity contribution in [2.45, 2.75) is 44.2 Å². The molecular weight excluding hydrogens is 445 g/mol. The molecule has 2 aromatic rings. The van der Waals surface area contributed by atoms with Crippen molar-refractivity contribution in [2.24, 2.45) is 4.99 Å². The van der Waals surface area contributed by atoms with Crippen LogP contribution in [0.25, 0.3) is 0 Å². The topological polar surface area (TPSA) is 27.6 Å². The molecule has 0 spiro atoms. The molecule has 6 heteroatoms. The fraction of sp³-hybridized carbons (Fsp3) is 0.320. The summed E-state index contributed by atoms with van der Waals surface area (Å²) >= 11 is 14.2. The number of rotatable bonds is 8. The van der Waals surface area contributed by atoms with Crippen molar-refractivity contribution in [1.29, 1.82) is 0 Å². The number of nitrogens with one attached hydrogen (secondary N) is 1. The first-order valence-corrected chi connectivity index (χ1v) is 12.0. The van der Waals surface area contributed by atoms with Crippen molar-refractivity contribution < 1.29 is 0 Å². The molecule has 0 aliphatic carbocycles. The van der Waals surface area contributed by atoms with Crippen LogP contribution in [0.2, 0.25) is 5.02 Å². The zero-order valence-electron chi connectivity index (χ0n) is 18.1. The molecule has 0 bridgehead atoms. The number of nitrogens with zero attached hydrogens (tertiary/aromatic N) is 2. The molecule has 0 unspecified atom stereocenters. The number of hydrogen-bond donors (Lipinski definition) is 1. The van der Waals surface area contributed by atoms with E-state index in [0.29, 0.717) is 16.2 Å². The molecule has 1 heterocycles. The van der Waals surface area contributed by atoms with Gasteiger partial charge in [0.25, 0.3) is 0 Å². The SMILES string of the molecule is C=C(NC1CCN(Cc2ccccc2)CC1)/C(Sc1ccc(Cl)cc1)=C(/Cl)N=C(C)C. The predicted octanol–water partition coefficient (Wildman–Crippen LogP) is 7.09. The molecule has 1 N–H and O–H groups in total. The van der Waals surface area contributed by atoms with E-state index in [-0.39, 0.29) is 0 Å². The minimum absolute atomic E-state index is 0.372. The van der Waals surface area contributed by atoms with E-state index in [4.69, 9.17) is 23.2 Å². The fourth-order valence-electron chi connectivity index (χ4n) is 3.48. The lowest BCUT2D eigenvalue weighted by molar-refractivity contribution is 0.196. The second kappa shape index (κ2) is 11.8. The van der Waals surface area contributed by atoms with E-state index in [9.17, 15) is 0 Å². The zero-order valence-corrected chi connectivity index (χ0v) is 20.4. The normalized spacial score (nSPS) is 15.9. The summed E-state index contributed by atoms with van der Waals surface area (Å²) in [5.74, 6) is 0. The Labute approximate surface area is 200 Å². The molecule has 1 aliphatic rings. The monoisotopic (exact) mass is 473 g/mol. The first kappa shape index (κ1) is 23.9. The Morgan fingerprint density at radius 1 is 1.10 bits per heavy atom. The predicted molar refractivity (Wildman–Crippen MR) is 136 cm³/mol. The summed E-state index contributed by atoms with van der Waals surface area (Å²) < 4.78 is 0. The summed E-state index contributed by atoms with van der Waals surface area (Å²) in [4.78, 5) is 8.87. The van der Waals surface area contributed by atoms with Gasteiger partial charge in [0.1, 0.15) is 5.16 Å². The fourth-order valence-corrected chi connectivity index (χ4v) is 4.83. The highest BCUT2D eigenvalue weighted by Gasteiger charge is 2.21. The van der Waals surface area contributed by atoms with Gasteiger partial charge >= 0.3 is 0 Å². The number of likely N-dealkylation sites (tertiary alicyclic amines) is 1. The maximum absolute atomic E-state index is 6.59. The molecular formula is C25H29Cl2N3S. The van der Waals surface area contributed by atoms with E-state index >= 15 is 0 Å². The standard InChI is InChI=1S/C25H29Cl2N3S/c1-18(2)28-25(27)24(31-23-11-9-21(26)10-12-23)19(3)29-22-13-15-30(16-14-22)17-20-7-5-4-6-8-20/h4-12,22,29H,3,13-17H2,1-2H3/b25-24+. The Balaban J connectivity index is 1.62. The smallest absolute Gasteiger partial charge is 0.144 e.